The molecule has 0 bridgehead atoms. The second kappa shape index (κ2) is 5.17. The van der Waals surface area contributed by atoms with Gasteiger partial charge in [-0.25, -0.2) is 0 Å². The van der Waals surface area contributed by atoms with Crippen LogP contribution in [0.3, 0.4) is 0 Å². The Morgan fingerprint density at radius 3 is 2.42 bits per heavy atom. The number of ketones is 1. The van der Waals surface area contributed by atoms with Crippen LogP contribution in [0.25, 0.3) is 0 Å². The van der Waals surface area contributed by atoms with Crippen molar-refractivity contribution in [3.63, 3.8) is 0 Å². The number of carbonyl (C=O) groups excluding carboxylic acids is 1. The standard InChI is InChI=1S/C16H18O3/c17-15(14-7-4-10-19-14)16(8-11-18-12-9-16)13-5-2-1-3-6-13/h1-3,5-7H,4,8-12H2. The summed E-state index contributed by atoms with van der Waals surface area (Å²) in [6.45, 7) is 1.89. The van der Waals surface area contributed by atoms with Crippen molar-refractivity contribution in [2.45, 2.75) is 24.7 Å². The molecule has 3 rings (SSSR count). The normalized spacial score (nSPS) is 21.6. The Morgan fingerprint density at radius 2 is 1.79 bits per heavy atom. The van der Waals surface area contributed by atoms with E-state index in [0.29, 0.717) is 25.6 Å². The number of carbonyl (C=O) groups is 1. The summed E-state index contributed by atoms with van der Waals surface area (Å²) in [6.07, 6.45) is 4.22. The summed E-state index contributed by atoms with van der Waals surface area (Å²) in [5.41, 5.74) is 0.620. The molecule has 0 saturated carbocycles. The Hall–Kier alpha value is -1.61. The van der Waals surface area contributed by atoms with Gasteiger partial charge < -0.3 is 9.47 Å². The fourth-order valence-corrected chi connectivity index (χ4v) is 2.94. The SMILES string of the molecule is O=C(C1=CCCO1)C1(c2ccccc2)CCOCC1. The van der Waals surface area contributed by atoms with Gasteiger partial charge in [0, 0.05) is 19.6 Å². The molecular weight excluding hydrogens is 240 g/mol. The quantitative estimate of drug-likeness (QED) is 0.836. The first kappa shape index (κ1) is 12.4. The molecule has 1 saturated heterocycles. The Balaban J connectivity index is 1.99. The Morgan fingerprint density at radius 1 is 1.05 bits per heavy atom. The zero-order valence-electron chi connectivity index (χ0n) is 10.9. The van der Waals surface area contributed by atoms with Gasteiger partial charge in [0.25, 0.3) is 0 Å². The molecule has 2 aliphatic rings. The molecule has 0 unspecified atom stereocenters. The number of allylic oxidation sites excluding steroid dienone is 1. The highest BCUT2D eigenvalue weighted by Gasteiger charge is 2.43. The van der Waals surface area contributed by atoms with Crippen LogP contribution in [0, 0.1) is 0 Å². The van der Waals surface area contributed by atoms with E-state index in [1.54, 1.807) is 0 Å². The molecule has 0 N–H and O–H groups in total. The minimum absolute atomic E-state index is 0.125. The van der Waals surface area contributed by atoms with E-state index >= 15 is 0 Å². The molecule has 19 heavy (non-hydrogen) atoms. The van der Waals surface area contributed by atoms with Gasteiger partial charge >= 0.3 is 0 Å². The Kier molecular flexibility index (Phi) is 3.38. The number of rotatable bonds is 3. The third kappa shape index (κ3) is 2.19. The largest absolute Gasteiger partial charge is 0.490 e. The third-order valence-corrected chi connectivity index (χ3v) is 4.04. The molecule has 2 heterocycles. The molecule has 0 amide bonds. The monoisotopic (exact) mass is 258 g/mol. The smallest absolute Gasteiger partial charge is 0.207 e. The van der Waals surface area contributed by atoms with Crippen LogP contribution in [0.15, 0.2) is 42.2 Å². The predicted molar refractivity (Wildman–Crippen MR) is 71.8 cm³/mol. The zero-order chi connectivity index (χ0) is 13.1. The molecule has 1 aromatic rings. The summed E-state index contributed by atoms with van der Waals surface area (Å²) < 4.78 is 10.9. The van der Waals surface area contributed by atoms with Crippen LogP contribution in [0.5, 0.6) is 0 Å². The lowest BCUT2D eigenvalue weighted by Gasteiger charge is -2.36. The first-order valence-electron chi connectivity index (χ1n) is 6.84. The van der Waals surface area contributed by atoms with Crippen LogP contribution in [-0.4, -0.2) is 25.6 Å². The molecule has 1 fully saturated rings. The predicted octanol–water partition coefficient (Wildman–Crippen LogP) is 2.61. The third-order valence-electron chi connectivity index (χ3n) is 4.04. The highest BCUT2D eigenvalue weighted by molar-refractivity contribution is 6.02. The maximum absolute atomic E-state index is 12.9. The van der Waals surface area contributed by atoms with Gasteiger partial charge in [-0.2, -0.15) is 0 Å². The summed E-state index contributed by atoms with van der Waals surface area (Å²) in [4.78, 5) is 12.9. The van der Waals surface area contributed by atoms with Gasteiger partial charge in [0.15, 0.2) is 5.76 Å². The minimum Gasteiger partial charge on any atom is -0.490 e. The summed E-state index contributed by atoms with van der Waals surface area (Å²) in [5, 5.41) is 0. The molecule has 0 atom stereocenters. The maximum atomic E-state index is 12.9. The fraction of sp³-hybridized carbons (Fsp3) is 0.438. The molecule has 0 radical (unpaired) electrons. The second-order valence-corrected chi connectivity index (χ2v) is 5.10. The van der Waals surface area contributed by atoms with E-state index in [1.165, 1.54) is 0 Å². The fourth-order valence-electron chi connectivity index (χ4n) is 2.94. The second-order valence-electron chi connectivity index (χ2n) is 5.10. The lowest BCUT2D eigenvalue weighted by molar-refractivity contribution is -0.127. The average Bonchev–Trinajstić information content (AvgIpc) is 3.02. The number of Topliss-reactive ketones (excluding diaryl/α,β-unsaturated/α-hetero) is 1. The Labute approximate surface area is 113 Å². The van der Waals surface area contributed by atoms with Crippen LogP contribution in [0.1, 0.15) is 24.8 Å². The van der Waals surface area contributed by atoms with E-state index in [9.17, 15) is 4.79 Å². The summed E-state index contributed by atoms with van der Waals surface area (Å²) in [5.74, 6) is 0.672. The molecule has 3 nitrogen and oxygen atoms in total. The molecule has 0 aromatic heterocycles. The van der Waals surface area contributed by atoms with Gasteiger partial charge in [-0.05, 0) is 24.5 Å². The van der Waals surface area contributed by atoms with E-state index < -0.39 is 5.41 Å². The highest BCUT2D eigenvalue weighted by atomic mass is 16.5. The number of ether oxygens (including phenoxy) is 2. The van der Waals surface area contributed by atoms with E-state index in [1.807, 2.05) is 36.4 Å². The van der Waals surface area contributed by atoms with Gasteiger partial charge in [-0.1, -0.05) is 30.3 Å². The van der Waals surface area contributed by atoms with Crippen LogP contribution in [0.4, 0.5) is 0 Å². The molecular formula is C16H18O3. The van der Waals surface area contributed by atoms with Crippen molar-refractivity contribution >= 4 is 5.78 Å². The summed E-state index contributed by atoms with van der Waals surface area (Å²) in [6, 6.07) is 10.0. The topological polar surface area (TPSA) is 35.5 Å². The van der Waals surface area contributed by atoms with E-state index in [4.69, 9.17) is 9.47 Å². The molecule has 2 aliphatic heterocycles. The molecule has 0 aliphatic carbocycles. The van der Waals surface area contributed by atoms with Crippen molar-refractivity contribution in [2.75, 3.05) is 19.8 Å². The molecule has 3 heteroatoms. The number of benzene rings is 1. The van der Waals surface area contributed by atoms with Gasteiger partial charge in [0.05, 0.1) is 12.0 Å². The van der Waals surface area contributed by atoms with Crippen molar-refractivity contribution in [1.82, 2.24) is 0 Å². The van der Waals surface area contributed by atoms with Gasteiger partial charge in [-0.3, -0.25) is 4.79 Å². The van der Waals surface area contributed by atoms with Crippen molar-refractivity contribution in [3.8, 4) is 0 Å². The first-order chi connectivity index (χ1) is 9.33. The van der Waals surface area contributed by atoms with Gasteiger partial charge in [0.2, 0.25) is 5.78 Å². The molecule has 1 aromatic carbocycles. The van der Waals surface area contributed by atoms with E-state index in [0.717, 1.165) is 24.8 Å². The van der Waals surface area contributed by atoms with Crippen molar-refractivity contribution in [1.29, 1.82) is 0 Å². The van der Waals surface area contributed by atoms with Crippen LogP contribution in [0.2, 0.25) is 0 Å². The van der Waals surface area contributed by atoms with E-state index in [2.05, 4.69) is 0 Å². The lowest BCUT2D eigenvalue weighted by Crippen LogP contribution is -2.42. The van der Waals surface area contributed by atoms with Gasteiger partial charge in [-0.15, -0.1) is 0 Å². The van der Waals surface area contributed by atoms with Crippen LogP contribution in [-0.2, 0) is 19.7 Å². The van der Waals surface area contributed by atoms with Gasteiger partial charge in [0.1, 0.15) is 0 Å². The van der Waals surface area contributed by atoms with E-state index in [-0.39, 0.29) is 5.78 Å². The Bertz CT molecular complexity index is 484. The van der Waals surface area contributed by atoms with Crippen LogP contribution < -0.4 is 0 Å². The average molecular weight is 258 g/mol. The van der Waals surface area contributed by atoms with Crippen LogP contribution >= 0.6 is 0 Å². The highest BCUT2D eigenvalue weighted by Crippen LogP contribution is 2.38. The van der Waals surface area contributed by atoms with Crippen molar-refractivity contribution in [2.24, 2.45) is 0 Å². The first-order valence-corrected chi connectivity index (χ1v) is 6.84. The summed E-state index contributed by atoms with van der Waals surface area (Å²) >= 11 is 0. The zero-order valence-corrected chi connectivity index (χ0v) is 10.9. The molecule has 0 spiro atoms. The number of hydrogen-bond donors (Lipinski definition) is 0. The van der Waals surface area contributed by atoms with Crippen molar-refractivity contribution < 1.29 is 14.3 Å². The molecule has 100 valence electrons. The van der Waals surface area contributed by atoms with Crippen molar-refractivity contribution in [3.05, 3.63) is 47.7 Å². The lowest BCUT2D eigenvalue weighted by atomic mass is 9.70. The maximum Gasteiger partial charge on any atom is 0.207 e. The minimum atomic E-state index is -0.463. The summed E-state index contributed by atoms with van der Waals surface area (Å²) in [7, 11) is 0. The number of hydrogen-bond acceptors (Lipinski definition) is 3.